The summed E-state index contributed by atoms with van der Waals surface area (Å²) in [4.78, 5) is 0. The molecule has 2 heteroatoms. The van der Waals surface area contributed by atoms with Crippen LogP contribution < -0.4 is 0 Å². The average molecular weight is 168 g/mol. The second-order valence-corrected chi connectivity index (χ2v) is 3.80. The SMILES string of the molecule is [CH2]C(C)(Br)CS. The molecule has 1 atom stereocenters. The monoisotopic (exact) mass is 167 g/mol. The highest BCUT2D eigenvalue weighted by atomic mass is 79.9. The van der Waals surface area contributed by atoms with E-state index >= 15 is 0 Å². The van der Waals surface area contributed by atoms with Crippen molar-refractivity contribution in [3.8, 4) is 0 Å². The van der Waals surface area contributed by atoms with Crippen molar-refractivity contribution in [2.75, 3.05) is 5.75 Å². The largest absolute Gasteiger partial charge is 0.178 e. The Balaban J connectivity index is 3.17. The fourth-order valence-electron chi connectivity index (χ4n) is 0. The predicted octanol–water partition coefficient (Wildman–Crippen LogP) is 1.90. The van der Waals surface area contributed by atoms with E-state index in [1.165, 1.54) is 0 Å². The third-order valence-corrected chi connectivity index (χ3v) is 1.74. The number of thiol groups is 1. The van der Waals surface area contributed by atoms with Crippen LogP contribution in [0.5, 0.6) is 0 Å². The molecule has 0 nitrogen and oxygen atoms in total. The van der Waals surface area contributed by atoms with Crippen LogP contribution in [-0.4, -0.2) is 10.1 Å². The third-order valence-electron chi connectivity index (χ3n) is 0.330. The summed E-state index contributed by atoms with van der Waals surface area (Å²) in [6.45, 7) is 5.70. The van der Waals surface area contributed by atoms with Crippen molar-refractivity contribution in [2.45, 2.75) is 11.2 Å². The highest BCUT2D eigenvalue weighted by Gasteiger charge is 2.07. The second kappa shape index (κ2) is 2.22. The van der Waals surface area contributed by atoms with E-state index in [0.29, 0.717) is 0 Å². The van der Waals surface area contributed by atoms with Gasteiger partial charge in [-0.15, -0.1) is 0 Å². The molecule has 1 radical (unpaired) electrons. The maximum atomic E-state index is 3.99. The molecule has 0 aromatic heterocycles. The van der Waals surface area contributed by atoms with Crippen molar-refractivity contribution in [3.63, 3.8) is 0 Å². The molecule has 0 saturated heterocycles. The van der Waals surface area contributed by atoms with E-state index in [2.05, 4.69) is 35.5 Å². The standard InChI is InChI=1S/C4H8BrS/c1-4(2,5)3-6/h6H,1,3H2,2H3. The van der Waals surface area contributed by atoms with E-state index in [4.69, 9.17) is 0 Å². The lowest BCUT2D eigenvalue weighted by atomic mass is 10.3. The number of hydrogen-bond acceptors (Lipinski definition) is 1. The number of alkyl halides is 1. The Bertz CT molecular complexity index is 37.3. The maximum Gasteiger partial charge on any atom is 0.0318 e. The van der Waals surface area contributed by atoms with E-state index in [9.17, 15) is 0 Å². The third kappa shape index (κ3) is 4.83. The summed E-state index contributed by atoms with van der Waals surface area (Å²) in [5, 5.41) is 0. The van der Waals surface area contributed by atoms with Gasteiger partial charge < -0.3 is 0 Å². The fraction of sp³-hybridized carbons (Fsp3) is 0.750. The molecule has 1 unspecified atom stereocenters. The van der Waals surface area contributed by atoms with Crippen molar-refractivity contribution in [1.29, 1.82) is 0 Å². The molecular formula is C4H8BrS. The lowest BCUT2D eigenvalue weighted by molar-refractivity contribution is 0.936. The van der Waals surface area contributed by atoms with E-state index in [0.717, 1.165) is 5.75 Å². The summed E-state index contributed by atoms with van der Waals surface area (Å²) in [7, 11) is 0. The number of rotatable bonds is 1. The van der Waals surface area contributed by atoms with Crippen molar-refractivity contribution < 1.29 is 0 Å². The van der Waals surface area contributed by atoms with Gasteiger partial charge in [-0.2, -0.15) is 12.6 Å². The first-order chi connectivity index (χ1) is 2.56. The molecule has 0 aliphatic rings. The van der Waals surface area contributed by atoms with E-state index < -0.39 is 0 Å². The summed E-state index contributed by atoms with van der Waals surface area (Å²) >= 11 is 7.28. The van der Waals surface area contributed by atoms with Gasteiger partial charge >= 0.3 is 0 Å². The van der Waals surface area contributed by atoms with Gasteiger partial charge in [-0.25, -0.2) is 0 Å². The van der Waals surface area contributed by atoms with Gasteiger partial charge in [0.1, 0.15) is 0 Å². The van der Waals surface area contributed by atoms with Gasteiger partial charge in [-0.1, -0.05) is 15.9 Å². The van der Waals surface area contributed by atoms with Crippen LogP contribution in [0.25, 0.3) is 0 Å². The second-order valence-electron chi connectivity index (χ2n) is 1.57. The molecular weight excluding hydrogens is 160 g/mol. The quantitative estimate of drug-likeness (QED) is 0.448. The Kier molecular flexibility index (Phi) is 2.53. The van der Waals surface area contributed by atoms with Gasteiger partial charge in [-0.3, -0.25) is 0 Å². The Labute approximate surface area is 52.9 Å². The van der Waals surface area contributed by atoms with Gasteiger partial charge in [-0.05, 0) is 13.8 Å². The van der Waals surface area contributed by atoms with Gasteiger partial charge in [0.05, 0.1) is 0 Å². The molecule has 0 bridgehead atoms. The summed E-state index contributed by atoms with van der Waals surface area (Å²) in [6.07, 6.45) is 0. The lowest BCUT2D eigenvalue weighted by Crippen LogP contribution is -2.10. The van der Waals surface area contributed by atoms with Crippen LogP contribution in [0.15, 0.2) is 0 Å². The maximum absolute atomic E-state index is 3.99. The first-order valence-electron chi connectivity index (χ1n) is 1.71. The highest BCUT2D eigenvalue weighted by molar-refractivity contribution is 9.10. The first-order valence-corrected chi connectivity index (χ1v) is 3.14. The van der Waals surface area contributed by atoms with Gasteiger partial charge in [0, 0.05) is 10.1 Å². The molecule has 0 spiro atoms. The lowest BCUT2D eigenvalue weighted by Gasteiger charge is -2.08. The molecule has 0 fully saturated rings. The molecule has 0 amide bonds. The minimum Gasteiger partial charge on any atom is -0.178 e. The Morgan fingerprint density at radius 2 is 2.17 bits per heavy atom. The van der Waals surface area contributed by atoms with Crippen molar-refractivity contribution in [1.82, 2.24) is 0 Å². The zero-order valence-corrected chi connectivity index (χ0v) is 6.22. The van der Waals surface area contributed by atoms with Gasteiger partial charge in [0.2, 0.25) is 0 Å². The van der Waals surface area contributed by atoms with Gasteiger partial charge in [0.25, 0.3) is 0 Å². The Morgan fingerprint density at radius 1 is 2.00 bits per heavy atom. The first kappa shape index (κ1) is 6.83. The minimum absolute atomic E-state index is 0.0316. The van der Waals surface area contributed by atoms with Crippen LogP contribution in [0, 0.1) is 6.92 Å². The van der Waals surface area contributed by atoms with Crippen LogP contribution >= 0.6 is 28.6 Å². The Morgan fingerprint density at radius 3 is 2.17 bits per heavy atom. The molecule has 0 saturated carbocycles. The van der Waals surface area contributed by atoms with Crippen molar-refractivity contribution >= 4 is 28.6 Å². The number of hydrogen-bond donors (Lipinski definition) is 1. The summed E-state index contributed by atoms with van der Waals surface area (Å²) < 4.78 is -0.0316. The Hall–Kier alpha value is 0.830. The highest BCUT2D eigenvalue weighted by Crippen LogP contribution is 2.15. The molecule has 0 heterocycles. The normalized spacial score (nSPS) is 12.0. The zero-order valence-electron chi connectivity index (χ0n) is 3.74. The smallest absolute Gasteiger partial charge is 0.0318 e. The fourth-order valence-corrected chi connectivity index (χ4v) is 0. The van der Waals surface area contributed by atoms with E-state index in [-0.39, 0.29) is 4.32 Å². The van der Waals surface area contributed by atoms with E-state index in [1.54, 1.807) is 0 Å². The summed E-state index contributed by atoms with van der Waals surface area (Å²) in [5.74, 6) is 0.771. The van der Waals surface area contributed by atoms with Crippen molar-refractivity contribution in [3.05, 3.63) is 6.92 Å². The molecule has 37 valence electrons. The van der Waals surface area contributed by atoms with Crippen LogP contribution in [-0.2, 0) is 0 Å². The molecule has 0 aliphatic heterocycles. The predicted molar refractivity (Wildman–Crippen MR) is 36.5 cm³/mol. The molecule has 0 aromatic carbocycles. The number of halogens is 1. The molecule has 0 N–H and O–H groups in total. The van der Waals surface area contributed by atoms with Gasteiger partial charge in [0.15, 0.2) is 0 Å². The summed E-state index contributed by atoms with van der Waals surface area (Å²) in [6, 6.07) is 0. The van der Waals surface area contributed by atoms with Crippen LogP contribution in [0.3, 0.4) is 0 Å². The molecule has 0 rings (SSSR count). The minimum atomic E-state index is -0.0316. The topological polar surface area (TPSA) is 0 Å². The van der Waals surface area contributed by atoms with Crippen LogP contribution in [0.4, 0.5) is 0 Å². The molecule has 0 aliphatic carbocycles. The van der Waals surface area contributed by atoms with Crippen LogP contribution in [0.2, 0.25) is 0 Å². The van der Waals surface area contributed by atoms with E-state index in [1.807, 2.05) is 6.92 Å². The van der Waals surface area contributed by atoms with Crippen LogP contribution in [0.1, 0.15) is 6.92 Å². The zero-order chi connectivity index (χ0) is 5.21. The van der Waals surface area contributed by atoms with Crippen molar-refractivity contribution in [2.24, 2.45) is 0 Å². The molecule has 6 heavy (non-hydrogen) atoms. The summed E-state index contributed by atoms with van der Waals surface area (Å²) in [5.41, 5.74) is 0. The molecule has 0 aromatic rings. The average Bonchev–Trinajstić information content (AvgIpc) is 1.35.